The van der Waals surface area contributed by atoms with Crippen LogP contribution in [0.1, 0.15) is 13.8 Å². The topological polar surface area (TPSA) is 130 Å². The van der Waals surface area contributed by atoms with Crippen LogP contribution in [0, 0.1) is 6.57 Å². The molecule has 1 heterocycles. The van der Waals surface area contributed by atoms with Gasteiger partial charge < -0.3 is 29.7 Å². The fourth-order valence-electron chi connectivity index (χ4n) is 2.15. The predicted molar refractivity (Wildman–Crippen MR) is 83.6 cm³/mol. The molecule has 0 bridgehead atoms. The Hall–Kier alpha value is -0.950. The summed E-state index contributed by atoms with van der Waals surface area (Å²) < 4.78 is 19.8. The van der Waals surface area contributed by atoms with E-state index in [2.05, 4.69) is 9.37 Å². The molecule has 0 aliphatic carbocycles. The summed E-state index contributed by atoms with van der Waals surface area (Å²) in [5, 5.41) is 0. The average molecular weight is 379 g/mol. The molecule has 1 rings (SSSR count). The maximum Gasteiger partial charge on any atom is 1.00 e. The van der Waals surface area contributed by atoms with Gasteiger partial charge in [0.05, 0.1) is 26.4 Å². The van der Waals surface area contributed by atoms with Gasteiger partial charge in [-0.05, 0) is 31.6 Å². The number of phosphoric acid groups is 1. The van der Waals surface area contributed by atoms with Gasteiger partial charge in [0.25, 0.3) is 13.5 Å². The van der Waals surface area contributed by atoms with Crippen molar-refractivity contribution in [1.82, 2.24) is 4.90 Å². The summed E-state index contributed by atoms with van der Waals surface area (Å²) in [4.78, 5) is 35.1. The number of nitrogens with zero attached hydrogens (tertiary/aromatic N) is 2. The first kappa shape index (κ1) is 24.1. The number of nitrogens with two attached hydrogens (primary N) is 1. The van der Waals surface area contributed by atoms with Crippen molar-refractivity contribution >= 4 is 13.7 Å². The summed E-state index contributed by atoms with van der Waals surface area (Å²) in [6.45, 7) is 11.2. The molecule has 1 aliphatic heterocycles. The van der Waals surface area contributed by atoms with Gasteiger partial charge in [0.1, 0.15) is 0 Å². The number of carbonyl (C=O) groups excluding carboxylic acids is 1. The first-order valence-electron chi connectivity index (χ1n) is 6.97. The minimum absolute atomic E-state index is 0. The van der Waals surface area contributed by atoms with Gasteiger partial charge in [0, 0.05) is 17.9 Å². The van der Waals surface area contributed by atoms with Gasteiger partial charge >= 0.3 is 29.6 Å². The first-order chi connectivity index (χ1) is 11.2. The second-order valence-electron chi connectivity index (χ2n) is 4.92. The van der Waals surface area contributed by atoms with E-state index >= 15 is 0 Å². The van der Waals surface area contributed by atoms with Crippen molar-refractivity contribution in [3.05, 3.63) is 46.2 Å². The third-order valence-corrected chi connectivity index (χ3v) is 3.65. The van der Waals surface area contributed by atoms with E-state index in [9.17, 15) is 14.3 Å². The van der Waals surface area contributed by atoms with Crippen LogP contribution in [-0.4, -0.2) is 42.1 Å². The molecule has 1 atom stereocenters. The van der Waals surface area contributed by atoms with Crippen LogP contribution in [0.25, 0.3) is 4.85 Å². The zero-order valence-electron chi connectivity index (χ0n) is 14.4. The molecule has 0 saturated carbocycles. The van der Waals surface area contributed by atoms with Gasteiger partial charge in [-0.1, -0.05) is 0 Å². The number of phosphoric ester groups is 1. The molecule has 25 heavy (non-hydrogen) atoms. The summed E-state index contributed by atoms with van der Waals surface area (Å²) in [5.74, 6) is -0.774. The molecule has 11 heteroatoms. The van der Waals surface area contributed by atoms with E-state index in [1.54, 1.807) is 12.2 Å². The van der Waals surface area contributed by atoms with Gasteiger partial charge in [-0.3, -0.25) is 9.36 Å². The first-order valence-corrected chi connectivity index (χ1v) is 8.47. The van der Waals surface area contributed by atoms with Gasteiger partial charge in [0.2, 0.25) is 5.91 Å². The van der Waals surface area contributed by atoms with Crippen LogP contribution < -0.4 is 40.2 Å². The molecule has 0 aromatic carbocycles. The Morgan fingerprint density at radius 1 is 1.36 bits per heavy atom. The molecule has 0 fully saturated rings. The second kappa shape index (κ2) is 10.9. The van der Waals surface area contributed by atoms with Crippen molar-refractivity contribution in [3.63, 3.8) is 0 Å². The summed E-state index contributed by atoms with van der Waals surface area (Å²) in [7, 11) is -4.71. The van der Waals surface area contributed by atoms with Crippen molar-refractivity contribution in [2.45, 2.75) is 13.8 Å². The number of amides is 1. The van der Waals surface area contributed by atoms with Crippen molar-refractivity contribution in [2.24, 2.45) is 5.73 Å². The molecular formula is C14H19N3NaO6P. The van der Waals surface area contributed by atoms with Crippen LogP contribution in [0.4, 0.5) is 0 Å². The molecule has 1 unspecified atom stereocenters. The van der Waals surface area contributed by atoms with Crippen molar-refractivity contribution in [3.8, 4) is 0 Å². The van der Waals surface area contributed by atoms with Crippen LogP contribution in [0.2, 0.25) is 0 Å². The summed E-state index contributed by atoms with van der Waals surface area (Å²) in [5.41, 5.74) is 7.16. The van der Waals surface area contributed by atoms with Crippen LogP contribution in [0.3, 0.4) is 0 Å². The third-order valence-electron chi connectivity index (χ3n) is 3.14. The Bertz CT molecular complexity index is 655. The number of hydrogen-bond acceptors (Lipinski definition) is 6. The minimum atomic E-state index is -4.71. The van der Waals surface area contributed by atoms with E-state index in [4.69, 9.17) is 21.9 Å². The van der Waals surface area contributed by atoms with Gasteiger partial charge in [-0.15, -0.1) is 0 Å². The van der Waals surface area contributed by atoms with Gasteiger partial charge in [-0.25, -0.2) is 4.85 Å². The Labute approximate surface area is 168 Å². The normalized spacial score (nSPS) is 16.1. The molecule has 0 aromatic rings. The summed E-state index contributed by atoms with van der Waals surface area (Å²) in [6, 6.07) is 0. The maximum absolute atomic E-state index is 11.3. The summed E-state index contributed by atoms with van der Waals surface area (Å²) in [6.07, 6.45) is 3.38. The predicted octanol–water partition coefficient (Wildman–Crippen LogP) is -2.73. The molecule has 0 saturated heterocycles. The van der Waals surface area contributed by atoms with Crippen LogP contribution in [-0.2, 0) is 18.6 Å². The van der Waals surface area contributed by atoms with E-state index in [-0.39, 0.29) is 48.5 Å². The number of rotatable bonds is 8. The van der Waals surface area contributed by atoms with E-state index in [1.165, 1.54) is 0 Å². The summed E-state index contributed by atoms with van der Waals surface area (Å²) >= 11 is 0. The minimum Gasteiger partial charge on any atom is -0.756 e. The molecule has 1 aliphatic rings. The molecule has 1 amide bonds. The number of hydrogen-bond donors (Lipinski definition) is 2. The smallest absolute Gasteiger partial charge is 0.756 e. The molecule has 132 valence electrons. The van der Waals surface area contributed by atoms with E-state index in [1.807, 2.05) is 18.7 Å². The van der Waals surface area contributed by atoms with Crippen molar-refractivity contribution < 1.29 is 58.0 Å². The average Bonchev–Trinajstić information content (AvgIpc) is 2.44. The molecule has 0 spiro atoms. The van der Waals surface area contributed by atoms with E-state index in [0.29, 0.717) is 18.7 Å². The van der Waals surface area contributed by atoms with Crippen LogP contribution in [0.15, 0.2) is 34.8 Å². The van der Waals surface area contributed by atoms with Crippen LogP contribution >= 0.6 is 7.82 Å². The zero-order valence-corrected chi connectivity index (χ0v) is 17.3. The van der Waals surface area contributed by atoms with Crippen molar-refractivity contribution in [1.29, 1.82) is 0 Å². The Morgan fingerprint density at radius 2 is 1.92 bits per heavy atom. The number of allylic oxidation sites excluding steroid dienone is 5. The molecule has 0 radical (unpaired) electrons. The van der Waals surface area contributed by atoms with Gasteiger partial charge in [0.15, 0.2) is 0 Å². The third kappa shape index (κ3) is 8.31. The quantitative estimate of drug-likeness (QED) is 0.154. The van der Waals surface area contributed by atoms with E-state index in [0.717, 1.165) is 11.4 Å². The zero-order chi connectivity index (χ0) is 18.3. The molecule has 9 nitrogen and oxygen atoms in total. The molecule has 0 aromatic heterocycles. The Morgan fingerprint density at radius 3 is 2.36 bits per heavy atom. The number of primary amides is 1. The maximum atomic E-state index is 11.3. The van der Waals surface area contributed by atoms with Gasteiger partial charge in [-0.2, -0.15) is 0 Å². The van der Waals surface area contributed by atoms with E-state index < -0.39 is 13.7 Å². The molecule has 3 N–H and O–H groups in total. The Kier molecular flexibility index (Phi) is 10.5. The molecular weight excluding hydrogens is 360 g/mol. The standard InChI is InChI=1S/C14H20N3O6P.Na/c1-10-8-12(13(16-3)14(15)18)9-11(2)17(10)4-5-22-6-7-23-24(19,20)21;/h8-9H,4-7H2,1-2H3,(H2,15,18)(H2,19,20,21);/q;+1/p-1. The largest absolute Gasteiger partial charge is 1.00 e. The fourth-order valence-corrected chi connectivity index (χ4v) is 2.45. The van der Waals surface area contributed by atoms with Crippen molar-refractivity contribution in [2.75, 3.05) is 26.4 Å². The monoisotopic (exact) mass is 379 g/mol. The van der Waals surface area contributed by atoms with Crippen LogP contribution in [0.5, 0.6) is 0 Å². The number of ether oxygens (including phenoxy) is 1. The fraction of sp³-hybridized carbons (Fsp3) is 0.429. The Balaban J connectivity index is 0.00000576. The SMILES string of the molecule is [C-]#[N+]C(C(N)=O)=C1C=C(C)N(CCOCCOP(=O)([O-])O)C(C)=C1.[Na+]. The number of carbonyl (C=O) groups is 1. The second-order valence-corrected chi connectivity index (χ2v) is 6.11.